The molecule has 17 heavy (non-hydrogen) atoms. The smallest absolute Gasteiger partial charge is 0.103 e. The average Bonchev–Trinajstić information content (AvgIpc) is 2.97. The highest BCUT2D eigenvalue weighted by Gasteiger charge is 2.09. The van der Waals surface area contributed by atoms with Crippen LogP contribution in [-0.2, 0) is 12.8 Å². The molecule has 2 aromatic rings. The summed E-state index contributed by atoms with van der Waals surface area (Å²) in [5.74, 6) is 1.04. The van der Waals surface area contributed by atoms with Crippen molar-refractivity contribution in [3.05, 3.63) is 42.4 Å². The Balaban J connectivity index is 1.94. The molecule has 0 aliphatic carbocycles. The van der Waals surface area contributed by atoms with E-state index in [2.05, 4.69) is 16.5 Å². The fourth-order valence-electron chi connectivity index (χ4n) is 2.02. The first-order valence-electron chi connectivity index (χ1n) is 6.04. The number of nitrogens with two attached hydrogens (primary N) is 1. The van der Waals surface area contributed by atoms with Crippen LogP contribution in [0.3, 0.4) is 0 Å². The number of aromatic nitrogens is 2. The van der Waals surface area contributed by atoms with Gasteiger partial charge in [0.05, 0.1) is 12.6 Å². The van der Waals surface area contributed by atoms with Gasteiger partial charge in [0.1, 0.15) is 5.76 Å². The van der Waals surface area contributed by atoms with Gasteiger partial charge in [-0.25, -0.2) is 4.98 Å². The summed E-state index contributed by atoms with van der Waals surface area (Å²) in [6.45, 7) is 2.86. The molecule has 0 radical (unpaired) electrons. The minimum absolute atomic E-state index is 0.421. The second-order valence-electron chi connectivity index (χ2n) is 4.30. The third-order valence-electron chi connectivity index (χ3n) is 3.01. The van der Waals surface area contributed by atoms with E-state index in [1.807, 2.05) is 24.7 Å². The van der Waals surface area contributed by atoms with Crippen LogP contribution in [0.1, 0.15) is 30.8 Å². The van der Waals surface area contributed by atoms with Crippen molar-refractivity contribution in [2.24, 2.45) is 5.73 Å². The summed E-state index contributed by atoms with van der Waals surface area (Å²) in [5.41, 5.74) is 6.79. The van der Waals surface area contributed by atoms with Gasteiger partial charge in [-0.2, -0.15) is 0 Å². The van der Waals surface area contributed by atoms with Gasteiger partial charge in [-0.15, -0.1) is 0 Å². The Morgan fingerprint density at radius 2 is 2.35 bits per heavy atom. The molecule has 2 heterocycles. The van der Waals surface area contributed by atoms with Crippen LogP contribution >= 0.6 is 0 Å². The molecule has 1 atom stereocenters. The van der Waals surface area contributed by atoms with Crippen molar-refractivity contribution in [1.29, 1.82) is 0 Å². The molecule has 2 N–H and O–H groups in total. The van der Waals surface area contributed by atoms with E-state index >= 15 is 0 Å². The first-order valence-corrected chi connectivity index (χ1v) is 6.04. The van der Waals surface area contributed by atoms with Crippen molar-refractivity contribution in [2.45, 2.75) is 32.2 Å². The molecule has 0 aromatic carbocycles. The predicted octanol–water partition coefficient (Wildman–Crippen LogP) is 2.17. The van der Waals surface area contributed by atoms with Gasteiger partial charge in [0, 0.05) is 30.8 Å². The number of hydrogen-bond donors (Lipinski definition) is 1. The van der Waals surface area contributed by atoms with E-state index in [4.69, 9.17) is 10.2 Å². The zero-order chi connectivity index (χ0) is 12.1. The summed E-state index contributed by atoms with van der Waals surface area (Å²) in [4.78, 5) is 4.19. The first-order chi connectivity index (χ1) is 8.31. The Bertz CT molecular complexity index is 433. The van der Waals surface area contributed by atoms with Crippen LogP contribution in [0.2, 0.25) is 0 Å². The zero-order valence-electron chi connectivity index (χ0n) is 10.2. The molecular weight excluding hydrogens is 214 g/mol. The molecule has 4 nitrogen and oxygen atoms in total. The summed E-state index contributed by atoms with van der Waals surface area (Å²) in [6.07, 6.45) is 8.38. The highest BCUT2D eigenvalue weighted by Crippen LogP contribution is 2.17. The molecule has 1 unspecified atom stereocenters. The maximum atomic E-state index is 5.58. The maximum absolute atomic E-state index is 5.58. The van der Waals surface area contributed by atoms with Gasteiger partial charge in [0.25, 0.3) is 0 Å². The highest BCUT2D eigenvalue weighted by atomic mass is 16.3. The molecular formula is C13H19N3O. The van der Waals surface area contributed by atoms with Gasteiger partial charge < -0.3 is 14.7 Å². The van der Waals surface area contributed by atoms with E-state index in [1.165, 1.54) is 5.69 Å². The minimum Gasteiger partial charge on any atom is -0.469 e. The van der Waals surface area contributed by atoms with Crippen LogP contribution in [0.15, 0.2) is 35.3 Å². The molecule has 4 heteroatoms. The monoisotopic (exact) mass is 233 g/mol. The lowest BCUT2D eigenvalue weighted by Gasteiger charge is -2.15. The van der Waals surface area contributed by atoms with Crippen LogP contribution in [0.5, 0.6) is 0 Å². The quantitative estimate of drug-likeness (QED) is 0.832. The van der Waals surface area contributed by atoms with Crippen LogP contribution in [0.25, 0.3) is 0 Å². The molecule has 0 spiro atoms. The van der Waals surface area contributed by atoms with E-state index in [9.17, 15) is 0 Å². The Morgan fingerprint density at radius 1 is 1.47 bits per heavy atom. The van der Waals surface area contributed by atoms with Crippen molar-refractivity contribution >= 4 is 0 Å². The number of imidazole rings is 1. The fraction of sp³-hybridized carbons (Fsp3) is 0.462. The molecule has 0 bridgehead atoms. The molecule has 0 amide bonds. The minimum atomic E-state index is 0.421. The molecule has 2 aromatic heterocycles. The predicted molar refractivity (Wildman–Crippen MR) is 66.7 cm³/mol. The Morgan fingerprint density at radius 3 is 3.06 bits per heavy atom. The summed E-state index contributed by atoms with van der Waals surface area (Å²) in [6, 6.07) is 4.36. The average molecular weight is 233 g/mol. The lowest BCUT2D eigenvalue weighted by Crippen LogP contribution is -2.12. The Hall–Kier alpha value is -1.55. The van der Waals surface area contributed by atoms with E-state index in [1.54, 1.807) is 6.26 Å². The third-order valence-corrected chi connectivity index (χ3v) is 3.01. The van der Waals surface area contributed by atoms with Gasteiger partial charge in [0.2, 0.25) is 0 Å². The van der Waals surface area contributed by atoms with Crippen molar-refractivity contribution in [3.8, 4) is 0 Å². The van der Waals surface area contributed by atoms with Gasteiger partial charge >= 0.3 is 0 Å². The fourth-order valence-corrected chi connectivity index (χ4v) is 2.02. The van der Waals surface area contributed by atoms with Crippen LogP contribution in [0, 0.1) is 0 Å². The van der Waals surface area contributed by atoms with E-state index < -0.39 is 0 Å². The highest BCUT2D eigenvalue weighted by molar-refractivity contribution is 5.02. The lowest BCUT2D eigenvalue weighted by atomic mass is 10.1. The topological polar surface area (TPSA) is 57.0 Å². The Labute approximate surface area is 101 Å². The number of aryl methyl sites for hydroxylation is 1. The molecule has 0 aliphatic rings. The first kappa shape index (κ1) is 11.9. The van der Waals surface area contributed by atoms with E-state index in [-0.39, 0.29) is 0 Å². The second kappa shape index (κ2) is 5.68. The lowest BCUT2D eigenvalue weighted by molar-refractivity contribution is 0.445. The summed E-state index contributed by atoms with van der Waals surface area (Å²) in [5, 5.41) is 0. The molecule has 0 saturated carbocycles. The molecule has 0 fully saturated rings. The summed E-state index contributed by atoms with van der Waals surface area (Å²) >= 11 is 0. The largest absolute Gasteiger partial charge is 0.469 e. The number of rotatable bonds is 6. The zero-order valence-corrected chi connectivity index (χ0v) is 10.2. The standard InChI is InChI=1S/C13H19N3O/c1-11(4-5-13-3-2-8-17-13)16-10-15-9-12(16)6-7-14/h2-3,8-11H,4-7,14H2,1H3. The van der Waals surface area contributed by atoms with Crippen molar-refractivity contribution in [1.82, 2.24) is 9.55 Å². The Kier molecular flexibility index (Phi) is 3.98. The molecule has 0 aliphatic heterocycles. The van der Waals surface area contributed by atoms with Crippen molar-refractivity contribution < 1.29 is 4.42 Å². The normalized spacial score (nSPS) is 12.8. The number of hydrogen-bond acceptors (Lipinski definition) is 3. The van der Waals surface area contributed by atoms with Crippen molar-refractivity contribution in [3.63, 3.8) is 0 Å². The van der Waals surface area contributed by atoms with Gasteiger partial charge in [-0.1, -0.05) is 0 Å². The molecule has 0 saturated heterocycles. The van der Waals surface area contributed by atoms with E-state index in [0.29, 0.717) is 12.6 Å². The summed E-state index contributed by atoms with van der Waals surface area (Å²) < 4.78 is 7.54. The van der Waals surface area contributed by atoms with Gasteiger partial charge in [-0.05, 0) is 32.0 Å². The van der Waals surface area contributed by atoms with E-state index in [0.717, 1.165) is 25.0 Å². The van der Waals surface area contributed by atoms with Crippen LogP contribution in [0.4, 0.5) is 0 Å². The van der Waals surface area contributed by atoms with Crippen LogP contribution in [-0.4, -0.2) is 16.1 Å². The third kappa shape index (κ3) is 2.97. The second-order valence-corrected chi connectivity index (χ2v) is 4.30. The molecule has 92 valence electrons. The summed E-state index contributed by atoms with van der Waals surface area (Å²) in [7, 11) is 0. The van der Waals surface area contributed by atoms with Crippen molar-refractivity contribution in [2.75, 3.05) is 6.54 Å². The van der Waals surface area contributed by atoms with Gasteiger partial charge in [0.15, 0.2) is 0 Å². The number of nitrogens with zero attached hydrogens (tertiary/aromatic N) is 2. The number of furan rings is 1. The maximum Gasteiger partial charge on any atom is 0.103 e. The van der Waals surface area contributed by atoms with Crippen LogP contribution < -0.4 is 5.73 Å². The molecule has 2 rings (SSSR count). The van der Waals surface area contributed by atoms with Gasteiger partial charge in [-0.3, -0.25) is 0 Å². The SMILES string of the molecule is CC(CCc1ccco1)n1cncc1CCN.